The Balaban J connectivity index is 1.66. The molecule has 2 N–H and O–H groups in total. The molecule has 1 aliphatic rings. The average Bonchev–Trinajstić information content (AvgIpc) is 3.21. The van der Waals surface area contributed by atoms with E-state index in [1.54, 1.807) is 6.33 Å². The molecule has 0 saturated heterocycles. The second-order valence-electron chi connectivity index (χ2n) is 5.45. The lowest BCUT2D eigenvalue weighted by Crippen LogP contribution is -2.14. The third kappa shape index (κ3) is 2.56. The van der Waals surface area contributed by atoms with Crippen LogP contribution in [0.3, 0.4) is 0 Å². The molecule has 21 heavy (non-hydrogen) atoms. The van der Waals surface area contributed by atoms with Gasteiger partial charge in [0.2, 0.25) is 0 Å². The van der Waals surface area contributed by atoms with Crippen LogP contribution in [0.4, 0.5) is 5.82 Å². The number of nitrogens with one attached hydrogen (secondary N) is 2. The van der Waals surface area contributed by atoms with Crippen molar-refractivity contribution in [2.45, 2.75) is 25.3 Å². The van der Waals surface area contributed by atoms with Crippen molar-refractivity contribution < 1.29 is 0 Å². The molecule has 1 fully saturated rings. The Morgan fingerprint density at radius 1 is 1.19 bits per heavy atom. The summed E-state index contributed by atoms with van der Waals surface area (Å²) >= 11 is 0. The maximum absolute atomic E-state index is 4.49. The van der Waals surface area contributed by atoms with E-state index in [9.17, 15) is 0 Å². The maximum Gasteiger partial charge on any atom is 0.182 e. The van der Waals surface area contributed by atoms with Crippen LogP contribution in [0, 0.1) is 5.92 Å². The predicted octanol–water partition coefficient (Wildman–Crippen LogP) is 2.70. The van der Waals surface area contributed by atoms with Gasteiger partial charge in [0.05, 0.1) is 18.1 Å². The molecule has 3 heterocycles. The normalized spacial score (nSPS) is 16.0. The first-order valence-electron chi connectivity index (χ1n) is 7.21. The van der Waals surface area contributed by atoms with E-state index in [4.69, 9.17) is 0 Å². The highest BCUT2D eigenvalue weighted by Gasteiger charge is 2.27. The summed E-state index contributed by atoms with van der Waals surface area (Å²) in [6, 6.07) is 6.19. The second kappa shape index (κ2) is 5.12. The Labute approximate surface area is 122 Å². The van der Waals surface area contributed by atoms with E-state index in [0.29, 0.717) is 5.65 Å². The molecule has 0 bridgehead atoms. The van der Waals surface area contributed by atoms with Crippen molar-refractivity contribution in [3.05, 3.63) is 42.7 Å². The summed E-state index contributed by atoms with van der Waals surface area (Å²) in [5.74, 6) is 1.58. The summed E-state index contributed by atoms with van der Waals surface area (Å²) < 4.78 is 0. The molecule has 1 aliphatic carbocycles. The standard InChI is InChI=1S/C15H16N6/c1-2-6-16-11(3-1)12(7-10-4-5-10)21-15-13-14(18-8-17-13)19-9-20-15/h1-3,6,8-10,12H,4-5,7H2,(H2,17,18,19,20,21). The fraction of sp³-hybridized carbons (Fsp3) is 0.333. The van der Waals surface area contributed by atoms with Crippen LogP contribution in [0.5, 0.6) is 0 Å². The summed E-state index contributed by atoms with van der Waals surface area (Å²) in [5, 5.41) is 3.51. The number of anilines is 1. The fourth-order valence-corrected chi connectivity index (χ4v) is 2.56. The molecule has 1 unspecified atom stereocenters. The lowest BCUT2D eigenvalue weighted by molar-refractivity contribution is 0.615. The lowest BCUT2D eigenvalue weighted by Gasteiger charge is -2.18. The molecule has 0 radical (unpaired) electrons. The largest absolute Gasteiger partial charge is 0.360 e. The summed E-state index contributed by atoms with van der Waals surface area (Å²) in [5.41, 5.74) is 2.57. The fourth-order valence-electron chi connectivity index (χ4n) is 2.56. The molecule has 1 saturated carbocycles. The third-order valence-electron chi connectivity index (χ3n) is 3.84. The molecule has 6 heteroatoms. The molecule has 0 aliphatic heterocycles. The van der Waals surface area contributed by atoms with Gasteiger partial charge in [-0.05, 0) is 24.5 Å². The van der Waals surface area contributed by atoms with Gasteiger partial charge in [-0.2, -0.15) is 0 Å². The topological polar surface area (TPSA) is 79.4 Å². The van der Waals surface area contributed by atoms with Gasteiger partial charge in [-0.25, -0.2) is 15.0 Å². The summed E-state index contributed by atoms with van der Waals surface area (Å²) in [6.45, 7) is 0. The number of hydrogen-bond acceptors (Lipinski definition) is 5. The molecule has 0 spiro atoms. The SMILES string of the molecule is c1ccc(C(CC2CC2)Nc2ncnc3nc[nH]c23)nc1. The number of nitrogens with zero attached hydrogens (tertiary/aromatic N) is 4. The molecule has 0 amide bonds. The Morgan fingerprint density at radius 2 is 2.14 bits per heavy atom. The maximum atomic E-state index is 4.49. The highest BCUT2D eigenvalue weighted by molar-refractivity contribution is 5.82. The van der Waals surface area contributed by atoms with Crippen LogP contribution >= 0.6 is 0 Å². The Hall–Kier alpha value is -2.50. The molecule has 0 aromatic carbocycles. The van der Waals surface area contributed by atoms with E-state index in [1.807, 2.05) is 18.3 Å². The van der Waals surface area contributed by atoms with Crippen molar-refractivity contribution >= 4 is 17.0 Å². The third-order valence-corrected chi connectivity index (χ3v) is 3.84. The smallest absolute Gasteiger partial charge is 0.182 e. The molecular weight excluding hydrogens is 264 g/mol. The molecule has 1 atom stereocenters. The van der Waals surface area contributed by atoms with Crippen LogP contribution in [0.25, 0.3) is 11.2 Å². The first-order chi connectivity index (χ1) is 10.4. The zero-order chi connectivity index (χ0) is 14.1. The summed E-state index contributed by atoms with van der Waals surface area (Å²) in [4.78, 5) is 20.3. The minimum absolute atomic E-state index is 0.167. The van der Waals surface area contributed by atoms with Gasteiger partial charge in [0.1, 0.15) is 11.8 Å². The number of pyridine rings is 1. The van der Waals surface area contributed by atoms with E-state index in [2.05, 4.69) is 36.3 Å². The van der Waals surface area contributed by atoms with Crippen LogP contribution < -0.4 is 5.32 Å². The predicted molar refractivity (Wildman–Crippen MR) is 79.6 cm³/mol. The van der Waals surface area contributed by atoms with Crippen molar-refractivity contribution in [2.75, 3.05) is 5.32 Å². The Morgan fingerprint density at radius 3 is 2.95 bits per heavy atom. The number of imidazole rings is 1. The van der Waals surface area contributed by atoms with E-state index in [-0.39, 0.29) is 6.04 Å². The number of fused-ring (bicyclic) bond motifs is 1. The zero-order valence-electron chi connectivity index (χ0n) is 11.5. The van der Waals surface area contributed by atoms with Gasteiger partial charge in [-0.1, -0.05) is 18.9 Å². The quantitative estimate of drug-likeness (QED) is 0.751. The van der Waals surface area contributed by atoms with Crippen molar-refractivity contribution in [3.63, 3.8) is 0 Å². The first-order valence-corrected chi connectivity index (χ1v) is 7.21. The van der Waals surface area contributed by atoms with Crippen molar-refractivity contribution in [1.29, 1.82) is 0 Å². The van der Waals surface area contributed by atoms with Crippen molar-refractivity contribution in [3.8, 4) is 0 Å². The molecule has 3 aromatic rings. The number of H-pyrrole nitrogens is 1. The number of hydrogen-bond donors (Lipinski definition) is 2. The summed E-state index contributed by atoms with van der Waals surface area (Å²) in [6.07, 6.45) is 8.72. The van der Waals surface area contributed by atoms with Crippen LogP contribution in [-0.4, -0.2) is 24.9 Å². The first kappa shape index (κ1) is 12.3. The number of rotatable bonds is 5. The molecule has 106 valence electrons. The molecular formula is C15H16N6. The minimum Gasteiger partial charge on any atom is -0.360 e. The van der Waals surface area contributed by atoms with Gasteiger partial charge in [0.15, 0.2) is 11.5 Å². The Bertz CT molecular complexity index is 734. The summed E-state index contributed by atoms with van der Waals surface area (Å²) in [7, 11) is 0. The molecule has 6 nitrogen and oxygen atoms in total. The van der Waals surface area contributed by atoms with Gasteiger partial charge < -0.3 is 10.3 Å². The lowest BCUT2D eigenvalue weighted by atomic mass is 10.1. The van der Waals surface area contributed by atoms with Gasteiger partial charge in [-0.15, -0.1) is 0 Å². The minimum atomic E-state index is 0.167. The van der Waals surface area contributed by atoms with Gasteiger partial charge in [0.25, 0.3) is 0 Å². The number of aromatic amines is 1. The highest BCUT2D eigenvalue weighted by Crippen LogP contribution is 2.38. The Kier molecular flexibility index (Phi) is 2.99. The van der Waals surface area contributed by atoms with E-state index < -0.39 is 0 Å². The van der Waals surface area contributed by atoms with Crippen LogP contribution in [0.15, 0.2) is 37.1 Å². The monoisotopic (exact) mass is 280 g/mol. The molecule has 3 aromatic heterocycles. The van der Waals surface area contributed by atoms with Crippen molar-refractivity contribution in [2.24, 2.45) is 5.92 Å². The van der Waals surface area contributed by atoms with Crippen LogP contribution in [0.1, 0.15) is 31.0 Å². The number of aromatic nitrogens is 5. The zero-order valence-corrected chi connectivity index (χ0v) is 11.5. The van der Waals surface area contributed by atoms with E-state index >= 15 is 0 Å². The molecule has 4 rings (SSSR count). The van der Waals surface area contributed by atoms with Gasteiger partial charge in [0, 0.05) is 6.20 Å². The van der Waals surface area contributed by atoms with Crippen LogP contribution in [-0.2, 0) is 0 Å². The van der Waals surface area contributed by atoms with Gasteiger partial charge in [-0.3, -0.25) is 4.98 Å². The van der Waals surface area contributed by atoms with E-state index in [0.717, 1.165) is 29.4 Å². The highest BCUT2D eigenvalue weighted by atomic mass is 15.1. The van der Waals surface area contributed by atoms with Crippen LogP contribution in [0.2, 0.25) is 0 Å². The van der Waals surface area contributed by atoms with Gasteiger partial charge >= 0.3 is 0 Å². The van der Waals surface area contributed by atoms with E-state index in [1.165, 1.54) is 19.2 Å². The second-order valence-corrected chi connectivity index (χ2v) is 5.45. The van der Waals surface area contributed by atoms with Crippen molar-refractivity contribution in [1.82, 2.24) is 24.9 Å². The average molecular weight is 280 g/mol.